The third-order valence-corrected chi connectivity index (χ3v) is 9.81. The third kappa shape index (κ3) is 5.38. The molecule has 1 unspecified atom stereocenters. The van der Waals surface area contributed by atoms with Crippen molar-refractivity contribution in [2.45, 2.75) is 60.7 Å². The predicted molar refractivity (Wildman–Crippen MR) is 138 cm³/mol. The molecule has 3 fully saturated rings. The number of ether oxygens (including phenoxy) is 5. The summed E-state index contributed by atoms with van der Waals surface area (Å²) >= 11 is 0. The summed E-state index contributed by atoms with van der Waals surface area (Å²) in [6, 6.07) is 17.3. The minimum absolute atomic E-state index is 0.169. The monoisotopic (exact) mass is 545 g/mol. The summed E-state index contributed by atoms with van der Waals surface area (Å²) in [4.78, 5) is 14.6. The van der Waals surface area contributed by atoms with Crippen LogP contribution >= 0.6 is 0 Å². The smallest absolute Gasteiger partial charge is 0.309 e. The maximum Gasteiger partial charge on any atom is 0.309 e. The Labute approximate surface area is 223 Å². The third-order valence-electron chi connectivity index (χ3n) is 7.61. The van der Waals surface area contributed by atoms with Gasteiger partial charge in [0, 0.05) is 12.7 Å². The van der Waals surface area contributed by atoms with Gasteiger partial charge in [-0.1, -0.05) is 48.5 Å². The van der Waals surface area contributed by atoms with Crippen LogP contribution in [-0.2, 0) is 38.3 Å². The van der Waals surface area contributed by atoms with E-state index in [4.69, 9.17) is 23.7 Å². The minimum atomic E-state index is -3.89. The minimum Gasteiger partial charge on any atom is -0.466 e. The molecule has 38 heavy (non-hydrogen) atoms. The zero-order valence-corrected chi connectivity index (χ0v) is 22.5. The highest BCUT2D eigenvalue weighted by atomic mass is 32.2. The van der Waals surface area contributed by atoms with E-state index in [1.54, 1.807) is 37.3 Å². The van der Waals surface area contributed by atoms with Crippen LogP contribution < -0.4 is 0 Å². The Hall–Kier alpha value is -2.34. The molecule has 0 radical (unpaired) electrons. The van der Waals surface area contributed by atoms with Crippen molar-refractivity contribution in [1.82, 2.24) is 4.90 Å². The van der Waals surface area contributed by atoms with Crippen molar-refractivity contribution in [3.8, 4) is 0 Å². The van der Waals surface area contributed by atoms with Gasteiger partial charge in [0.15, 0.2) is 22.4 Å². The number of likely N-dealkylation sites (tertiary alicyclic amines) is 1. The Balaban J connectivity index is 1.50. The number of rotatable bonds is 7. The maximum atomic E-state index is 14.3. The molecule has 2 aromatic carbocycles. The first-order chi connectivity index (χ1) is 18.4. The average molecular weight is 546 g/mol. The lowest BCUT2D eigenvalue weighted by atomic mass is 9.92. The molecule has 10 heteroatoms. The van der Waals surface area contributed by atoms with Gasteiger partial charge in [-0.25, -0.2) is 8.42 Å². The van der Waals surface area contributed by atoms with Crippen molar-refractivity contribution in [3.63, 3.8) is 0 Å². The second kappa shape index (κ2) is 11.8. The molecule has 0 amide bonds. The molecule has 3 saturated heterocycles. The standard InChI is InChI=1S/C28H35NO8S/c1-3-34-26(30)19-14-16-29(17-15-19)23-25(38(31,32)21-12-8-5-9-13-21)24-22(36-28(23)33-2)18-35-27(37-24)20-10-6-4-7-11-20/h4-13,19,22-25,27-28H,3,14-18H2,1-2H3/t22-,23-,24-,25-,27?,28+/m1/s1. The number of esters is 1. The number of hydrogen-bond donors (Lipinski definition) is 0. The number of carbonyl (C=O) groups is 1. The summed E-state index contributed by atoms with van der Waals surface area (Å²) in [5, 5.41) is -0.983. The summed E-state index contributed by atoms with van der Waals surface area (Å²) in [7, 11) is -2.37. The molecular formula is C28H35NO8S. The zero-order chi connectivity index (χ0) is 26.7. The SMILES string of the molecule is CCOC(=O)C1CCN([C@H]2[C@@H](OC)O[C@@H]3COC(c4ccccc4)O[C@H]3[C@@H]2S(=O)(=O)c2ccccc2)CC1. The van der Waals surface area contributed by atoms with Gasteiger partial charge in [0.25, 0.3) is 0 Å². The number of hydrogen-bond acceptors (Lipinski definition) is 9. The Morgan fingerprint density at radius 1 is 1.00 bits per heavy atom. The van der Waals surface area contributed by atoms with Crippen LogP contribution in [0.2, 0.25) is 0 Å². The number of carbonyl (C=O) groups excluding carboxylic acids is 1. The van der Waals surface area contributed by atoms with Gasteiger partial charge in [-0.3, -0.25) is 9.69 Å². The Morgan fingerprint density at radius 2 is 1.66 bits per heavy atom. The molecule has 206 valence electrons. The molecule has 3 heterocycles. The molecule has 3 aliphatic heterocycles. The molecule has 0 aliphatic carbocycles. The van der Waals surface area contributed by atoms with Gasteiger partial charge in [0.2, 0.25) is 0 Å². The fraction of sp³-hybridized carbons (Fsp3) is 0.536. The van der Waals surface area contributed by atoms with Crippen LogP contribution in [0.1, 0.15) is 31.6 Å². The summed E-state index contributed by atoms with van der Waals surface area (Å²) < 4.78 is 58.3. The van der Waals surface area contributed by atoms with E-state index in [0.29, 0.717) is 32.5 Å². The molecule has 0 aromatic heterocycles. The Kier molecular flexibility index (Phi) is 8.47. The van der Waals surface area contributed by atoms with Crippen LogP contribution in [-0.4, -0.2) is 82.5 Å². The van der Waals surface area contributed by atoms with Crippen molar-refractivity contribution in [2.75, 3.05) is 33.4 Å². The van der Waals surface area contributed by atoms with E-state index in [-0.39, 0.29) is 23.4 Å². The second-order valence-electron chi connectivity index (χ2n) is 9.83. The van der Waals surface area contributed by atoms with E-state index >= 15 is 0 Å². The van der Waals surface area contributed by atoms with E-state index in [9.17, 15) is 13.2 Å². The summed E-state index contributed by atoms with van der Waals surface area (Å²) in [5.41, 5.74) is 0.808. The lowest BCUT2D eigenvalue weighted by molar-refractivity contribution is -0.325. The van der Waals surface area contributed by atoms with Crippen molar-refractivity contribution in [3.05, 3.63) is 66.2 Å². The molecule has 0 saturated carbocycles. The highest BCUT2D eigenvalue weighted by Gasteiger charge is 2.57. The molecule has 9 nitrogen and oxygen atoms in total. The summed E-state index contributed by atoms with van der Waals surface area (Å²) in [6.07, 6.45) is -1.83. The highest BCUT2D eigenvalue weighted by molar-refractivity contribution is 7.92. The van der Waals surface area contributed by atoms with Gasteiger partial charge in [0.05, 0.1) is 30.1 Å². The second-order valence-corrected chi connectivity index (χ2v) is 11.9. The molecule has 0 bridgehead atoms. The first-order valence-corrected chi connectivity index (χ1v) is 14.7. The number of nitrogens with zero attached hydrogens (tertiary/aromatic N) is 1. The van der Waals surface area contributed by atoms with Crippen LogP contribution in [0.5, 0.6) is 0 Å². The van der Waals surface area contributed by atoms with Crippen molar-refractivity contribution < 1.29 is 36.9 Å². The van der Waals surface area contributed by atoms with Crippen molar-refractivity contribution in [2.24, 2.45) is 5.92 Å². The molecular weight excluding hydrogens is 510 g/mol. The number of methoxy groups -OCH3 is 1. The highest BCUT2D eigenvalue weighted by Crippen LogP contribution is 2.41. The van der Waals surface area contributed by atoms with Crippen LogP contribution in [0.4, 0.5) is 0 Å². The normalized spacial score (nSPS) is 30.9. The number of fused-ring (bicyclic) bond motifs is 1. The molecule has 2 aromatic rings. The topological polar surface area (TPSA) is 101 Å². The molecule has 6 atom stereocenters. The van der Waals surface area contributed by atoms with Gasteiger partial charge >= 0.3 is 5.97 Å². The number of benzene rings is 2. The lowest BCUT2D eigenvalue weighted by Crippen LogP contribution is -2.69. The van der Waals surface area contributed by atoms with Gasteiger partial charge in [-0.2, -0.15) is 0 Å². The van der Waals surface area contributed by atoms with Crippen LogP contribution in [0.3, 0.4) is 0 Å². The van der Waals surface area contributed by atoms with E-state index in [1.807, 2.05) is 30.3 Å². The van der Waals surface area contributed by atoms with E-state index in [0.717, 1.165) is 5.56 Å². The van der Waals surface area contributed by atoms with Crippen LogP contribution in [0.25, 0.3) is 0 Å². The fourth-order valence-corrected chi connectivity index (χ4v) is 7.85. The number of piperidine rings is 1. The fourth-order valence-electron chi connectivity index (χ4n) is 5.74. The van der Waals surface area contributed by atoms with Gasteiger partial charge < -0.3 is 23.7 Å². The van der Waals surface area contributed by atoms with Crippen LogP contribution in [0.15, 0.2) is 65.6 Å². The zero-order valence-electron chi connectivity index (χ0n) is 21.7. The Bertz CT molecular complexity index is 1170. The maximum absolute atomic E-state index is 14.3. The van der Waals surface area contributed by atoms with Crippen molar-refractivity contribution in [1.29, 1.82) is 0 Å². The quantitative estimate of drug-likeness (QED) is 0.486. The summed E-state index contributed by atoms with van der Waals surface area (Å²) in [6.45, 7) is 3.32. The molecule has 5 rings (SSSR count). The Morgan fingerprint density at radius 3 is 2.29 bits per heavy atom. The number of sulfone groups is 1. The first kappa shape index (κ1) is 27.2. The summed E-state index contributed by atoms with van der Waals surface area (Å²) in [5.74, 6) is -0.419. The van der Waals surface area contributed by atoms with E-state index < -0.39 is 45.9 Å². The van der Waals surface area contributed by atoms with Crippen molar-refractivity contribution >= 4 is 15.8 Å². The molecule has 0 N–H and O–H groups in total. The lowest BCUT2D eigenvalue weighted by Gasteiger charge is -2.52. The van der Waals surface area contributed by atoms with Gasteiger partial charge in [-0.15, -0.1) is 0 Å². The van der Waals surface area contributed by atoms with Gasteiger partial charge in [0.1, 0.15) is 17.5 Å². The van der Waals surface area contributed by atoms with Crippen LogP contribution in [0, 0.1) is 5.92 Å². The molecule has 3 aliphatic rings. The average Bonchev–Trinajstić information content (AvgIpc) is 2.97. The molecule has 0 spiro atoms. The predicted octanol–water partition coefficient (Wildman–Crippen LogP) is 2.96. The first-order valence-electron chi connectivity index (χ1n) is 13.1. The van der Waals surface area contributed by atoms with E-state index in [1.165, 1.54) is 7.11 Å². The van der Waals surface area contributed by atoms with E-state index in [2.05, 4.69) is 4.90 Å². The largest absolute Gasteiger partial charge is 0.466 e. The van der Waals surface area contributed by atoms with Gasteiger partial charge in [-0.05, 0) is 45.0 Å².